The summed E-state index contributed by atoms with van der Waals surface area (Å²) in [6.45, 7) is -0.387. The van der Waals surface area contributed by atoms with E-state index in [-0.39, 0.29) is 19.6 Å². The maximum absolute atomic E-state index is 9.50. The monoisotopic (exact) mass is 166 g/mol. The molecule has 0 aliphatic heterocycles. The second-order valence-corrected chi connectivity index (χ2v) is 1.47. The average molecular weight is 166 g/mol. The maximum Gasteiger partial charge on any atom is 0.294 e. The van der Waals surface area contributed by atoms with Crippen LogP contribution >= 0.6 is 0 Å². The Kier molecular flexibility index (Phi) is 4.45. The summed E-state index contributed by atoms with van der Waals surface area (Å²) in [5.74, 6) is 0. The first-order valence-electron chi connectivity index (χ1n) is 2.67. The average Bonchev–Trinajstić information content (AvgIpc) is 1.85. The number of nitrogens with zero attached hydrogens (tertiary/aromatic N) is 2. The highest BCUT2D eigenvalue weighted by molar-refractivity contribution is 4.26. The van der Waals surface area contributed by atoms with Crippen LogP contribution in [-0.2, 0) is 9.68 Å². The molecule has 0 N–H and O–H groups in total. The van der Waals surface area contributed by atoms with Gasteiger partial charge in [-0.3, -0.25) is 0 Å². The van der Waals surface area contributed by atoms with Gasteiger partial charge in [0.25, 0.3) is 10.2 Å². The van der Waals surface area contributed by atoms with Crippen LogP contribution in [0, 0.1) is 20.2 Å². The predicted octanol–water partition coefficient (Wildman–Crippen LogP) is -0.207. The van der Waals surface area contributed by atoms with Gasteiger partial charge in [-0.2, -0.15) is 0 Å². The van der Waals surface area contributed by atoms with Gasteiger partial charge in [-0.25, -0.2) is 0 Å². The molecule has 0 aliphatic carbocycles. The summed E-state index contributed by atoms with van der Waals surface area (Å²) < 4.78 is 0. The van der Waals surface area contributed by atoms with Gasteiger partial charge in [0.15, 0.2) is 0 Å². The molecule has 8 heteroatoms. The van der Waals surface area contributed by atoms with E-state index in [1.807, 2.05) is 0 Å². The standard InChI is InChI=1S/C3H6N2O6/c6-4(7)10-2-1-3-11-5(8)9/h1-3H2. The highest BCUT2D eigenvalue weighted by Crippen LogP contribution is 1.84. The van der Waals surface area contributed by atoms with Crippen molar-refractivity contribution >= 4 is 0 Å². The Bertz CT molecular complexity index is 131. The van der Waals surface area contributed by atoms with Gasteiger partial charge in [0.2, 0.25) is 0 Å². The highest BCUT2D eigenvalue weighted by Gasteiger charge is 1.96. The Morgan fingerprint density at radius 2 is 1.36 bits per heavy atom. The van der Waals surface area contributed by atoms with Gasteiger partial charge in [0.05, 0.1) is 13.2 Å². The van der Waals surface area contributed by atoms with Crippen LogP contribution in [0.1, 0.15) is 6.42 Å². The Labute approximate surface area is 60.9 Å². The van der Waals surface area contributed by atoms with Gasteiger partial charge in [-0.1, -0.05) is 0 Å². The van der Waals surface area contributed by atoms with E-state index in [1.54, 1.807) is 0 Å². The summed E-state index contributed by atoms with van der Waals surface area (Å²) in [5, 5.41) is 17.1. The van der Waals surface area contributed by atoms with Gasteiger partial charge >= 0.3 is 0 Å². The molecule has 0 aliphatic rings. The lowest BCUT2D eigenvalue weighted by Gasteiger charge is -1.96. The summed E-state index contributed by atoms with van der Waals surface area (Å²) in [7, 11) is 0. The third-order valence-corrected chi connectivity index (χ3v) is 0.682. The molecule has 11 heavy (non-hydrogen) atoms. The van der Waals surface area contributed by atoms with Gasteiger partial charge in [-0.05, 0) is 6.42 Å². The molecule has 64 valence electrons. The van der Waals surface area contributed by atoms with Gasteiger partial charge in [-0.15, -0.1) is 20.2 Å². The molecule has 0 saturated heterocycles. The van der Waals surface area contributed by atoms with Gasteiger partial charge in [0.1, 0.15) is 0 Å². The predicted molar refractivity (Wildman–Crippen MR) is 30.5 cm³/mol. The van der Waals surface area contributed by atoms with Crippen molar-refractivity contribution in [1.29, 1.82) is 0 Å². The van der Waals surface area contributed by atoms with Crippen molar-refractivity contribution in [2.75, 3.05) is 13.2 Å². The van der Waals surface area contributed by atoms with Crippen LogP contribution in [0.3, 0.4) is 0 Å². The topological polar surface area (TPSA) is 105 Å². The lowest BCUT2D eigenvalue weighted by Crippen LogP contribution is -2.07. The molecule has 0 heterocycles. The van der Waals surface area contributed by atoms with Gasteiger partial charge < -0.3 is 9.68 Å². The molecule has 0 aromatic carbocycles. The summed E-state index contributed by atoms with van der Waals surface area (Å²) in [4.78, 5) is 26.7. The van der Waals surface area contributed by atoms with E-state index in [1.165, 1.54) is 0 Å². The third kappa shape index (κ3) is 8.40. The SMILES string of the molecule is O=[N+]([O-])OCCCO[N+](=O)[O-]. The van der Waals surface area contributed by atoms with Crippen LogP contribution in [-0.4, -0.2) is 23.4 Å². The fourth-order valence-electron chi connectivity index (χ4n) is 0.337. The zero-order valence-corrected chi connectivity index (χ0v) is 5.47. The minimum Gasteiger partial charge on any atom is -0.314 e. The molecule has 0 rings (SSSR count). The van der Waals surface area contributed by atoms with E-state index in [9.17, 15) is 20.2 Å². The summed E-state index contributed by atoms with van der Waals surface area (Å²) in [6, 6.07) is 0. The van der Waals surface area contributed by atoms with E-state index < -0.39 is 10.2 Å². The van der Waals surface area contributed by atoms with Crippen LogP contribution in [0.15, 0.2) is 0 Å². The molecular weight excluding hydrogens is 160 g/mol. The normalized spacial score (nSPS) is 8.73. The first-order chi connectivity index (χ1) is 5.13. The number of rotatable bonds is 6. The molecular formula is C3H6N2O6. The molecule has 0 saturated carbocycles. The molecule has 0 aromatic rings. The molecule has 8 nitrogen and oxygen atoms in total. The zero-order valence-electron chi connectivity index (χ0n) is 5.47. The van der Waals surface area contributed by atoms with Crippen molar-refractivity contribution in [2.24, 2.45) is 0 Å². The molecule has 0 fully saturated rings. The molecule has 0 bridgehead atoms. The molecule has 0 amide bonds. The van der Waals surface area contributed by atoms with E-state index in [2.05, 4.69) is 9.68 Å². The Morgan fingerprint density at radius 1 is 1.00 bits per heavy atom. The summed E-state index contributed by atoms with van der Waals surface area (Å²) in [5.41, 5.74) is 0. The maximum atomic E-state index is 9.50. The smallest absolute Gasteiger partial charge is 0.294 e. The van der Waals surface area contributed by atoms with Crippen molar-refractivity contribution in [2.45, 2.75) is 6.42 Å². The third-order valence-electron chi connectivity index (χ3n) is 0.682. The highest BCUT2D eigenvalue weighted by atomic mass is 17.0. The Morgan fingerprint density at radius 3 is 1.64 bits per heavy atom. The first-order valence-corrected chi connectivity index (χ1v) is 2.67. The van der Waals surface area contributed by atoms with Crippen LogP contribution in [0.25, 0.3) is 0 Å². The fourth-order valence-corrected chi connectivity index (χ4v) is 0.337. The molecule has 0 aromatic heterocycles. The van der Waals surface area contributed by atoms with Crippen LogP contribution in [0.5, 0.6) is 0 Å². The lowest BCUT2D eigenvalue weighted by atomic mass is 10.5. The number of hydrogen-bond acceptors (Lipinski definition) is 6. The van der Waals surface area contributed by atoms with Gasteiger partial charge in [0, 0.05) is 0 Å². The second kappa shape index (κ2) is 5.21. The second-order valence-electron chi connectivity index (χ2n) is 1.47. The largest absolute Gasteiger partial charge is 0.314 e. The molecule has 0 unspecified atom stereocenters. The quantitative estimate of drug-likeness (QED) is 0.307. The summed E-state index contributed by atoms with van der Waals surface area (Å²) >= 11 is 0. The molecule has 0 radical (unpaired) electrons. The molecule has 0 spiro atoms. The van der Waals surface area contributed by atoms with Crippen molar-refractivity contribution in [3.8, 4) is 0 Å². The minimum absolute atomic E-state index is 0.113. The van der Waals surface area contributed by atoms with E-state index in [0.717, 1.165) is 0 Å². The van der Waals surface area contributed by atoms with E-state index >= 15 is 0 Å². The van der Waals surface area contributed by atoms with E-state index in [4.69, 9.17) is 0 Å². The fraction of sp³-hybridized carbons (Fsp3) is 1.00. The molecule has 0 atom stereocenters. The summed E-state index contributed by atoms with van der Waals surface area (Å²) in [6.07, 6.45) is 0.113. The van der Waals surface area contributed by atoms with Crippen molar-refractivity contribution in [3.05, 3.63) is 20.2 Å². The van der Waals surface area contributed by atoms with Crippen LogP contribution in [0.2, 0.25) is 0 Å². The van der Waals surface area contributed by atoms with Crippen molar-refractivity contribution in [3.63, 3.8) is 0 Å². The first kappa shape index (κ1) is 9.40. The van der Waals surface area contributed by atoms with Crippen molar-refractivity contribution in [1.82, 2.24) is 0 Å². The van der Waals surface area contributed by atoms with Crippen LogP contribution < -0.4 is 0 Å². The Hall–Kier alpha value is -1.60. The van der Waals surface area contributed by atoms with E-state index in [0.29, 0.717) is 0 Å². The Balaban J connectivity index is 3.03. The van der Waals surface area contributed by atoms with Crippen molar-refractivity contribution < 1.29 is 19.8 Å². The van der Waals surface area contributed by atoms with Crippen LogP contribution in [0.4, 0.5) is 0 Å². The minimum atomic E-state index is -0.966. The number of hydrogen-bond donors (Lipinski definition) is 0. The zero-order chi connectivity index (χ0) is 8.69. The lowest BCUT2D eigenvalue weighted by molar-refractivity contribution is -0.765.